The molecule has 1 unspecified atom stereocenters. The molecule has 0 aliphatic heterocycles. The summed E-state index contributed by atoms with van der Waals surface area (Å²) in [7, 11) is 0. The van der Waals surface area contributed by atoms with Gasteiger partial charge < -0.3 is 14.2 Å². The van der Waals surface area contributed by atoms with E-state index in [0.717, 1.165) is 64.2 Å². The van der Waals surface area contributed by atoms with E-state index in [1.165, 1.54) is 193 Å². The van der Waals surface area contributed by atoms with Crippen molar-refractivity contribution in [1.82, 2.24) is 0 Å². The first kappa shape index (κ1) is 59.9. The molecule has 0 spiro atoms. The van der Waals surface area contributed by atoms with Gasteiger partial charge in [0.15, 0.2) is 6.10 Å². The van der Waals surface area contributed by atoms with Crippen LogP contribution in [-0.2, 0) is 28.6 Å². The van der Waals surface area contributed by atoms with E-state index >= 15 is 0 Å². The van der Waals surface area contributed by atoms with Crippen LogP contribution < -0.4 is 0 Å². The van der Waals surface area contributed by atoms with E-state index in [-0.39, 0.29) is 31.1 Å². The van der Waals surface area contributed by atoms with Crippen LogP contribution in [-0.4, -0.2) is 37.2 Å². The predicted molar refractivity (Wildman–Crippen MR) is 266 cm³/mol. The van der Waals surface area contributed by atoms with Crippen LogP contribution >= 0.6 is 0 Å². The quantitative estimate of drug-likeness (QED) is 0.0262. The van der Waals surface area contributed by atoms with Gasteiger partial charge in [0, 0.05) is 19.3 Å². The number of ether oxygens (including phenoxy) is 3. The number of esters is 3. The topological polar surface area (TPSA) is 78.9 Å². The smallest absolute Gasteiger partial charge is 0.306 e. The summed E-state index contributed by atoms with van der Waals surface area (Å²) >= 11 is 0. The highest BCUT2D eigenvalue weighted by atomic mass is 16.6. The predicted octanol–water partition coefficient (Wildman–Crippen LogP) is 17.9. The normalized spacial score (nSPS) is 12.1. The maximum absolute atomic E-state index is 12.8. The second-order valence-corrected chi connectivity index (χ2v) is 18.5. The minimum Gasteiger partial charge on any atom is -0.462 e. The van der Waals surface area contributed by atoms with E-state index in [1.54, 1.807) is 0 Å². The fraction of sp³-hybridized carbons (Fsp3) is 0.875. The molecular formula is C56H104O6. The minimum absolute atomic E-state index is 0.0691. The summed E-state index contributed by atoms with van der Waals surface area (Å²) in [6.07, 6.45) is 59.1. The SMILES string of the molecule is CCCCCCC/C=C\C/C=C\CCCCCCCCCCCC(=O)OCC(COC(=O)CCCCCCCC)OC(=O)CCCCCCCCCCCCCCCCCCC. The first-order chi connectivity index (χ1) is 30.5. The molecule has 0 aromatic carbocycles. The first-order valence-corrected chi connectivity index (χ1v) is 27.3. The molecule has 0 saturated heterocycles. The Morgan fingerprint density at radius 2 is 0.581 bits per heavy atom. The monoisotopic (exact) mass is 873 g/mol. The summed E-state index contributed by atoms with van der Waals surface area (Å²) in [5, 5.41) is 0. The van der Waals surface area contributed by atoms with Gasteiger partial charge in [-0.25, -0.2) is 0 Å². The molecule has 364 valence electrons. The molecule has 0 amide bonds. The van der Waals surface area contributed by atoms with Crippen molar-refractivity contribution >= 4 is 17.9 Å². The molecule has 0 saturated carbocycles. The van der Waals surface area contributed by atoms with Crippen molar-refractivity contribution < 1.29 is 28.6 Å². The molecule has 0 aromatic rings. The standard InChI is InChI=1S/C56H104O6/c1-4-7-10-13-16-18-20-22-24-26-27-28-29-31-32-34-36-38-40-43-46-49-55(58)61-52-53(51-60-54(57)48-45-42-15-12-9-6-3)62-56(59)50-47-44-41-39-37-35-33-30-25-23-21-19-17-14-11-8-5-2/h20,22,26-27,53H,4-19,21,23-25,28-52H2,1-3H3/b22-20-,27-26-. The Morgan fingerprint density at radius 1 is 0.323 bits per heavy atom. The summed E-state index contributed by atoms with van der Waals surface area (Å²) in [6, 6.07) is 0. The molecule has 0 aliphatic rings. The van der Waals surface area contributed by atoms with E-state index < -0.39 is 6.10 Å². The van der Waals surface area contributed by atoms with Crippen LogP contribution in [0, 0.1) is 0 Å². The Balaban J connectivity index is 4.14. The van der Waals surface area contributed by atoms with Crippen molar-refractivity contribution in [3.8, 4) is 0 Å². The summed E-state index contributed by atoms with van der Waals surface area (Å²) in [5.74, 6) is -0.867. The van der Waals surface area contributed by atoms with Crippen LogP contribution in [0.4, 0.5) is 0 Å². The van der Waals surface area contributed by atoms with Gasteiger partial charge in [0.05, 0.1) is 0 Å². The molecule has 0 heterocycles. The molecule has 6 heteroatoms. The van der Waals surface area contributed by atoms with E-state index in [1.807, 2.05) is 0 Å². The average molecular weight is 873 g/mol. The van der Waals surface area contributed by atoms with Gasteiger partial charge in [0.25, 0.3) is 0 Å². The second kappa shape index (κ2) is 51.5. The summed E-state index contributed by atoms with van der Waals surface area (Å²) < 4.78 is 16.7. The molecule has 1 atom stereocenters. The van der Waals surface area contributed by atoms with E-state index in [0.29, 0.717) is 19.3 Å². The molecule has 62 heavy (non-hydrogen) atoms. The maximum atomic E-state index is 12.8. The fourth-order valence-electron chi connectivity index (χ4n) is 8.06. The molecule has 0 aliphatic carbocycles. The van der Waals surface area contributed by atoms with E-state index in [2.05, 4.69) is 45.1 Å². The third-order valence-corrected chi connectivity index (χ3v) is 12.2. The number of carbonyl (C=O) groups excluding carboxylic acids is 3. The highest BCUT2D eigenvalue weighted by Gasteiger charge is 2.19. The van der Waals surface area contributed by atoms with Gasteiger partial charge in [0.1, 0.15) is 13.2 Å². The molecular weight excluding hydrogens is 769 g/mol. The molecule has 0 radical (unpaired) electrons. The number of rotatable bonds is 50. The lowest BCUT2D eigenvalue weighted by atomic mass is 10.0. The Bertz CT molecular complexity index is 1000. The Hall–Kier alpha value is -2.11. The zero-order valence-electron chi connectivity index (χ0n) is 41.7. The summed E-state index contributed by atoms with van der Waals surface area (Å²) in [5.41, 5.74) is 0. The van der Waals surface area contributed by atoms with E-state index in [9.17, 15) is 14.4 Å². The highest BCUT2D eigenvalue weighted by Crippen LogP contribution is 2.16. The fourth-order valence-corrected chi connectivity index (χ4v) is 8.06. The lowest BCUT2D eigenvalue weighted by Gasteiger charge is -2.18. The average Bonchev–Trinajstić information content (AvgIpc) is 3.27. The summed E-state index contributed by atoms with van der Waals surface area (Å²) in [6.45, 7) is 6.60. The van der Waals surface area contributed by atoms with Crippen molar-refractivity contribution in [1.29, 1.82) is 0 Å². The van der Waals surface area contributed by atoms with Crippen molar-refractivity contribution in [3.05, 3.63) is 24.3 Å². The first-order valence-electron chi connectivity index (χ1n) is 27.3. The van der Waals surface area contributed by atoms with E-state index in [4.69, 9.17) is 14.2 Å². The maximum Gasteiger partial charge on any atom is 0.306 e. The zero-order chi connectivity index (χ0) is 45.1. The van der Waals surface area contributed by atoms with Crippen LogP contribution in [0.15, 0.2) is 24.3 Å². The number of hydrogen-bond donors (Lipinski definition) is 0. The zero-order valence-corrected chi connectivity index (χ0v) is 41.7. The lowest BCUT2D eigenvalue weighted by Crippen LogP contribution is -2.30. The Labute approximate surface area is 385 Å². The molecule has 0 aromatic heterocycles. The van der Waals surface area contributed by atoms with Crippen LogP contribution in [0.25, 0.3) is 0 Å². The lowest BCUT2D eigenvalue weighted by molar-refractivity contribution is -0.167. The largest absolute Gasteiger partial charge is 0.462 e. The van der Waals surface area contributed by atoms with Gasteiger partial charge in [0.2, 0.25) is 0 Å². The van der Waals surface area contributed by atoms with Crippen LogP contribution in [0.3, 0.4) is 0 Å². The van der Waals surface area contributed by atoms with Crippen molar-refractivity contribution in [2.45, 2.75) is 303 Å². The van der Waals surface area contributed by atoms with Crippen molar-refractivity contribution in [3.63, 3.8) is 0 Å². The number of allylic oxidation sites excluding steroid dienone is 4. The molecule has 0 fully saturated rings. The number of carbonyl (C=O) groups is 3. The third kappa shape index (κ3) is 48.9. The van der Waals surface area contributed by atoms with Crippen LogP contribution in [0.2, 0.25) is 0 Å². The molecule has 0 bridgehead atoms. The molecule has 0 N–H and O–H groups in total. The van der Waals surface area contributed by atoms with Crippen molar-refractivity contribution in [2.24, 2.45) is 0 Å². The molecule has 0 rings (SSSR count). The van der Waals surface area contributed by atoms with Crippen LogP contribution in [0.5, 0.6) is 0 Å². The number of hydrogen-bond acceptors (Lipinski definition) is 6. The Kier molecular flexibility index (Phi) is 49.8. The number of unbranched alkanes of at least 4 members (excludes halogenated alkanes) is 35. The van der Waals surface area contributed by atoms with Gasteiger partial charge in [-0.3, -0.25) is 14.4 Å². The van der Waals surface area contributed by atoms with Gasteiger partial charge >= 0.3 is 17.9 Å². The summed E-state index contributed by atoms with van der Waals surface area (Å²) in [4.78, 5) is 37.8. The van der Waals surface area contributed by atoms with Gasteiger partial charge in [-0.15, -0.1) is 0 Å². The van der Waals surface area contributed by atoms with Gasteiger partial charge in [-0.05, 0) is 51.4 Å². The Morgan fingerprint density at radius 3 is 0.887 bits per heavy atom. The highest BCUT2D eigenvalue weighted by molar-refractivity contribution is 5.71. The minimum atomic E-state index is -0.765. The van der Waals surface area contributed by atoms with Gasteiger partial charge in [-0.1, -0.05) is 251 Å². The third-order valence-electron chi connectivity index (χ3n) is 12.2. The van der Waals surface area contributed by atoms with Crippen molar-refractivity contribution in [2.75, 3.05) is 13.2 Å². The second-order valence-electron chi connectivity index (χ2n) is 18.5. The van der Waals surface area contributed by atoms with Gasteiger partial charge in [-0.2, -0.15) is 0 Å². The van der Waals surface area contributed by atoms with Crippen LogP contribution in [0.1, 0.15) is 297 Å². The molecule has 6 nitrogen and oxygen atoms in total.